The van der Waals surface area contributed by atoms with Gasteiger partial charge in [0, 0.05) is 0 Å². The zero-order valence-corrected chi connectivity index (χ0v) is 13.6. The van der Waals surface area contributed by atoms with E-state index in [1.807, 2.05) is 43.4 Å². The van der Waals surface area contributed by atoms with Crippen LogP contribution >= 0.6 is 0 Å². The average molecular weight is 305 g/mol. The molecule has 94 valence electrons. The van der Waals surface area contributed by atoms with E-state index in [1.165, 1.54) is 11.1 Å². The molecule has 0 nitrogen and oxygen atoms in total. The minimum atomic E-state index is 0. The van der Waals surface area contributed by atoms with Crippen molar-refractivity contribution in [3.63, 3.8) is 0 Å². The van der Waals surface area contributed by atoms with E-state index in [0.29, 0.717) is 0 Å². The molecule has 0 fully saturated rings. The van der Waals surface area contributed by atoms with Crippen LogP contribution in [0.25, 0.3) is 0 Å². The minimum Gasteiger partial charge on any atom is -1.00 e. The Hall–Kier alpha value is 0.124. The molecule has 0 unspecified atom stereocenters. The van der Waals surface area contributed by atoms with Crippen LogP contribution in [0, 0.1) is 12.2 Å². The molecule has 0 spiro atoms. The summed E-state index contributed by atoms with van der Waals surface area (Å²) in [6.07, 6.45) is 16.5. The summed E-state index contributed by atoms with van der Waals surface area (Å²) in [5.41, 5.74) is 2.65. The minimum absolute atomic E-state index is 0. The van der Waals surface area contributed by atoms with Crippen molar-refractivity contribution in [1.82, 2.24) is 0 Å². The van der Waals surface area contributed by atoms with Crippen molar-refractivity contribution in [2.24, 2.45) is 0 Å². The Bertz CT molecular complexity index is 289. The smallest absolute Gasteiger partial charge is 0.109 e. The SMILES string of the molecule is CC1=[C-]C(C)=CC1.C[CH]=[Ti+2].[C-]1=CC=CC1.[Cl-].[Cl-]. The maximum absolute atomic E-state index is 3.19. The van der Waals surface area contributed by atoms with E-state index in [4.69, 9.17) is 0 Å². The topological polar surface area (TPSA) is 0 Å². The van der Waals surface area contributed by atoms with E-state index < -0.39 is 0 Å². The van der Waals surface area contributed by atoms with Gasteiger partial charge in [-0.3, -0.25) is 12.2 Å². The molecule has 2 aliphatic carbocycles. The molecule has 0 saturated carbocycles. The van der Waals surface area contributed by atoms with E-state index in [9.17, 15) is 0 Å². The quantitative estimate of drug-likeness (QED) is 0.351. The fraction of sp³-hybridized carbons (Fsp3) is 0.357. The average Bonchev–Trinajstić information content (AvgIpc) is 2.81. The van der Waals surface area contributed by atoms with E-state index in [0.717, 1.165) is 12.8 Å². The Labute approximate surface area is 130 Å². The van der Waals surface area contributed by atoms with E-state index >= 15 is 0 Å². The van der Waals surface area contributed by atoms with Gasteiger partial charge in [-0.2, -0.15) is 11.6 Å². The maximum atomic E-state index is 3.19. The van der Waals surface area contributed by atoms with Gasteiger partial charge in [0.05, 0.1) is 0 Å². The van der Waals surface area contributed by atoms with Gasteiger partial charge < -0.3 is 24.8 Å². The summed E-state index contributed by atoms with van der Waals surface area (Å²) in [4.78, 5) is 0. The Morgan fingerprint density at radius 1 is 1.29 bits per heavy atom. The number of hydrogen-bond donors (Lipinski definition) is 0. The summed E-state index contributed by atoms with van der Waals surface area (Å²) < 4.78 is 2.00. The number of rotatable bonds is 0. The van der Waals surface area contributed by atoms with Crippen molar-refractivity contribution in [3.05, 3.63) is 47.6 Å². The molecule has 0 aromatic rings. The molecule has 0 amide bonds. The van der Waals surface area contributed by atoms with Crippen LogP contribution in [0.1, 0.15) is 33.6 Å². The van der Waals surface area contributed by atoms with Crippen LogP contribution < -0.4 is 24.8 Å². The molecule has 0 heterocycles. The van der Waals surface area contributed by atoms with Crippen molar-refractivity contribution in [2.45, 2.75) is 33.6 Å². The third-order valence-corrected chi connectivity index (χ3v) is 1.71. The molecule has 2 rings (SSSR count). The van der Waals surface area contributed by atoms with Crippen LogP contribution in [0.15, 0.2) is 35.5 Å². The van der Waals surface area contributed by atoms with Gasteiger partial charge in [-0.15, -0.1) is 6.42 Å². The first-order chi connectivity index (χ1) is 7.20. The number of allylic oxidation sites excluding steroid dienone is 8. The van der Waals surface area contributed by atoms with Gasteiger partial charge in [-0.25, -0.2) is 23.8 Å². The van der Waals surface area contributed by atoms with Crippen LogP contribution in [0.5, 0.6) is 0 Å². The van der Waals surface area contributed by atoms with Gasteiger partial charge >= 0.3 is 31.2 Å². The van der Waals surface area contributed by atoms with E-state index in [1.54, 1.807) is 0 Å². The summed E-state index contributed by atoms with van der Waals surface area (Å²) in [5, 5.41) is 0. The van der Waals surface area contributed by atoms with Gasteiger partial charge in [-0.05, 0) is 0 Å². The predicted octanol–water partition coefficient (Wildman–Crippen LogP) is -2.25. The molecule has 0 aliphatic heterocycles. The van der Waals surface area contributed by atoms with Gasteiger partial charge in [-0.1, -0.05) is 20.3 Å². The molecular weight excluding hydrogens is 287 g/mol. The molecule has 0 saturated heterocycles. The maximum Gasteiger partial charge on any atom is -0.109 e. The second kappa shape index (κ2) is 16.1. The summed E-state index contributed by atoms with van der Waals surface area (Å²) in [7, 11) is 0. The molecular formula is C14H18Cl2Ti-2. The van der Waals surface area contributed by atoms with Crippen LogP contribution in [0.3, 0.4) is 0 Å². The predicted molar refractivity (Wildman–Crippen MR) is 64.1 cm³/mol. The summed E-state index contributed by atoms with van der Waals surface area (Å²) >= 11 is 2.00. The normalized spacial score (nSPS) is 13.9. The molecule has 0 atom stereocenters. The third kappa shape index (κ3) is 16.1. The summed E-state index contributed by atoms with van der Waals surface area (Å²) in [6.45, 7) is 6.18. The van der Waals surface area contributed by atoms with Gasteiger partial charge in [0.15, 0.2) is 0 Å². The van der Waals surface area contributed by atoms with Gasteiger partial charge in [0.25, 0.3) is 0 Å². The molecule has 0 aromatic heterocycles. The molecule has 3 heteroatoms. The number of halogens is 2. The third-order valence-electron chi connectivity index (χ3n) is 1.71. The standard InChI is InChI=1S/C7H9.C5H5.C2H4.2ClH.Ti/c1-6-3-4-7(2)5-6;1-2-4-5-3-1;1-2;;;/h3H,4H2,1-2H3;1-3H,4H2;1H,2H3;2*1H;/q2*-1;;;;+2/p-2. The fourth-order valence-electron chi connectivity index (χ4n) is 1.09. The van der Waals surface area contributed by atoms with Crippen molar-refractivity contribution in [3.8, 4) is 0 Å². The van der Waals surface area contributed by atoms with E-state index in [-0.39, 0.29) is 24.8 Å². The van der Waals surface area contributed by atoms with Crippen molar-refractivity contribution in [1.29, 1.82) is 0 Å². The summed E-state index contributed by atoms with van der Waals surface area (Å²) in [6, 6.07) is 0. The van der Waals surface area contributed by atoms with Crippen molar-refractivity contribution >= 4 is 4.31 Å². The van der Waals surface area contributed by atoms with Crippen LogP contribution in [-0.4, -0.2) is 4.31 Å². The summed E-state index contributed by atoms with van der Waals surface area (Å²) in [5.74, 6) is 0. The first kappa shape index (κ1) is 22.3. The van der Waals surface area contributed by atoms with Crippen LogP contribution in [0.4, 0.5) is 0 Å². The van der Waals surface area contributed by atoms with Crippen LogP contribution in [0.2, 0.25) is 0 Å². The Morgan fingerprint density at radius 3 is 2.00 bits per heavy atom. The van der Waals surface area contributed by atoms with Crippen molar-refractivity contribution in [2.75, 3.05) is 0 Å². The molecule has 2 aliphatic rings. The van der Waals surface area contributed by atoms with Crippen LogP contribution in [-0.2, 0) is 20.0 Å². The monoisotopic (exact) mass is 304 g/mol. The van der Waals surface area contributed by atoms with E-state index in [2.05, 4.69) is 38.2 Å². The van der Waals surface area contributed by atoms with Gasteiger partial charge in [0.1, 0.15) is 0 Å². The first-order valence-electron chi connectivity index (χ1n) is 5.13. The molecule has 0 N–H and O–H groups in total. The molecule has 0 aromatic carbocycles. The Kier molecular flexibility index (Phi) is 21.2. The van der Waals surface area contributed by atoms with Gasteiger partial charge in [0.2, 0.25) is 0 Å². The largest absolute Gasteiger partial charge is 1.00 e. The molecule has 0 radical (unpaired) electrons. The fourth-order valence-corrected chi connectivity index (χ4v) is 1.09. The zero-order chi connectivity index (χ0) is 11.5. The first-order valence-corrected chi connectivity index (χ1v) is 6.04. The zero-order valence-electron chi connectivity index (χ0n) is 10.6. The molecule has 17 heavy (non-hydrogen) atoms. The Morgan fingerprint density at radius 2 is 1.88 bits per heavy atom. The van der Waals surface area contributed by atoms with Crippen molar-refractivity contribution < 1.29 is 44.8 Å². The Balaban J connectivity index is -0.000000176. The molecule has 0 bridgehead atoms. The second-order valence-corrected chi connectivity index (χ2v) is 4.19. The second-order valence-electron chi connectivity index (χ2n) is 3.29. The number of hydrogen-bond acceptors (Lipinski definition) is 0.